The van der Waals surface area contributed by atoms with Crippen molar-refractivity contribution in [3.8, 4) is 0 Å². The van der Waals surface area contributed by atoms with Crippen molar-refractivity contribution in [2.24, 2.45) is 0 Å². The van der Waals surface area contributed by atoms with E-state index in [1.165, 1.54) is 19.1 Å². The van der Waals surface area contributed by atoms with Gasteiger partial charge in [0, 0.05) is 17.6 Å². The third-order valence-corrected chi connectivity index (χ3v) is 6.82. The largest absolute Gasteiger partial charge is 0.243 e. The molecular weight excluding hydrogens is 439 g/mol. The van der Waals surface area contributed by atoms with Crippen molar-refractivity contribution in [1.82, 2.24) is 9.44 Å². The summed E-state index contributed by atoms with van der Waals surface area (Å²) in [5.41, 5.74) is 0. The second-order valence-corrected chi connectivity index (χ2v) is 9.78. The molecule has 0 aliphatic rings. The van der Waals surface area contributed by atoms with Gasteiger partial charge < -0.3 is 0 Å². The Balaban J connectivity index is 2.66. The van der Waals surface area contributed by atoms with E-state index in [1.54, 1.807) is 0 Å². The lowest BCUT2D eigenvalue weighted by molar-refractivity contribution is 0.573. The summed E-state index contributed by atoms with van der Waals surface area (Å²) < 4.78 is 52.0. The number of benzene rings is 1. The molecule has 2 N–H and O–H groups in total. The van der Waals surface area contributed by atoms with E-state index >= 15 is 0 Å². The molecule has 126 valence electrons. The van der Waals surface area contributed by atoms with Crippen LogP contribution in [0.2, 0.25) is 10.0 Å². The van der Waals surface area contributed by atoms with Crippen molar-refractivity contribution in [3.63, 3.8) is 0 Å². The predicted octanol–water partition coefficient (Wildman–Crippen LogP) is 2.36. The lowest BCUT2D eigenvalue weighted by Crippen LogP contribution is -2.30. The highest BCUT2D eigenvalue weighted by Gasteiger charge is 2.21. The van der Waals surface area contributed by atoms with Gasteiger partial charge in [0.2, 0.25) is 20.0 Å². The number of hydrogen-bond acceptors (Lipinski definition) is 4. The van der Waals surface area contributed by atoms with Crippen LogP contribution in [-0.2, 0) is 20.0 Å². The molecular formula is C11H15BrCl2N2O4S2. The van der Waals surface area contributed by atoms with Gasteiger partial charge in [0.1, 0.15) is 4.90 Å². The summed E-state index contributed by atoms with van der Waals surface area (Å²) in [6, 6.07) is 2.86. The van der Waals surface area contributed by atoms with Crippen molar-refractivity contribution in [2.75, 3.05) is 18.8 Å². The van der Waals surface area contributed by atoms with Crippen LogP contribution in [0.3, 0.4) is 0 Å². The number of halogens is 3. The molecule has 11 heteroatoms. The minimum Gasteiger partial charge on any atom is -0.215 e. The van der Waals surface area contributed by atoms with Crippen molar-refractivity contribution in [2.45, 2.75) is 18.2 Å². The Bertz CT molecular complexity index is 715. The van der Waals surface area contributed by atoms with E-state index < -0.39 is 20.0 Å². The molecule has 0 heterocycles. The Morgan fingerprint density at radius 1 is 1.05 bits per heavy atom. The molecule has 6 nitrogen and oxygen atoms in total. The molecule has 0 saturated heterocycles. The molecule has 22 heavy (non-hydrogen) atoms. The van der Waals surface area contributed by atoms with E-state index in [2.05, 4.69) is 25.4 Å². The standard InChI is InChI=1S/C11H15BrCl2N2O4S2/c1-2-21(17,18)15-4-3-5-16-22(19,20)11-9(13)6-8(12)7-10(11)14/h6-7,15-16H,2-5H2,1H3. The maximum absolute atomic E-state index is 12.2. The van der Waals surface area contributed by atoms with Gasteiger partial charge in [-0.15, -0.1) is 0 Å². The van der Waals surface area contributed by atoms with E-state index in [1.807, 2.05) is 0 Å². The highest BCUT2D eigenvalue weighted by atomic mass is 79.9. The summed E-state index contributed by atoms with van der Waals surface area (Å²) in [5, 5.41) is -0.00267. The van der Waals surface area contributed by atoms with Crippen LogP contribution in [0, 0.1) is 0 Å². The molecule has 0 unspecified atom stereocenters. The Hall–Kier alpha value is 0.1000. The second-order valence-electron chi connectivity index (χ2n) is 4.25. The molecule has 0 atom stereocenters. The van der Waals surface area contributed by atoms with E-state index in [9.17, 15) is 16.8 Å². The van der Waals surface area contributed by atoms with Crippen LogP contribution in [0.1, 0.15) is 13.3 Å². The van der Waals surface area contributed by atoms with Crippen LogP contribution in [0.15, 0.2) is 21.5 Å². The van der Waals surface area contributed by atoms with Gasteiger partial charge in [-0.2, -0.15) is 0 Å². The van der Waals surface area contributed by atoms with Gasteiger partial charge in [-0.3, -0.25) is 0 Å². The molecule has 1 rings (SSSR count). The van der Waals surface area contributed by atoms with Crippen LogP contribution >= 0.6 is 39.1 Å². The second kappa shape index (κ2) is 8.27. The zero-order chi connectivity index (χ0) is 17.0. The van der Waals surface area contributed by atoms with Crippen LogP contribution in [0.5, 0.6) is 0 Å². The summed E-state index contributed by atoms with van der Waals surface area (Å²) in [4.78, 5) is -0.201. The first-order valence-corrected chi connectivity index (χ1v) is 10.9. The first-order chi connectivity index (χ1) is 10.1. The van der Waals surface area contributed by atoms with E-state index in [-0.39, 0.29) is 33.8 Å². The summed E-state index contributed by atoms with van der Waals surface area (Å²) in [5.74, 6) is -0.0250. The highest BCUT2D eigenvalue weighted by Crippen LogP contribution is 2.32. The normalized spacial score (nSPS) is 12.5. The molecule has 0 spiro atoms. The van der Waals surface area contributed by atoms with Crippen molar-refractivity contribution in [3.05, 3.63) is 26.7 Å². The highest BCUT2D eigenvalue weighted by molar-refractivity contribution is 9.10. The number of sulfonamides is 2. The molecule has 0 aliphatic carbocycles. The van der Waals surface area contributed by atoms with Gasteiger partial charge >= 0.3 is 0 Å². The fourth-order valence-electron chi connectivity index (χ4n) is 1.48. The third-order valence-electron chi connectivity index (χ3n) is 2.58. The molecule has 1 aromatic rings. The Morgan fingerprint density at radius 2 is 1.55 bits per heavy atom. The quantitative estimate of drug-likeness (QED) is 0.591. The lowest BCUT2D eigenvalue weighted by Gasteiger charge is -2.11. The number of nitrogens with one attached hydrogen (secondary N) is 2. The minimum atomic E-state index is -3.87. The van der Waals surface area contributed by atoms with E-state index in [4.69, 9.17) is 23.2 Å². The van der Waals surface area contributed by atoms with Gasteiger partial charge in [0.15, 0.2) is 0 Å². The molecule has 0 amide bonds. The summed E-state index contributed by atoms with van der Waals surface area (Å²) >= 11 is 15.0. The average molecular weight is 454 g/mol. The molecule has 0 aliphatic heterocycles. The first-order valence-electron chi connectivity index (χ1n) is 6.20. The average Bonchev–Trinajstić information content (AvgIpc) is 2.36. The Kier molecular flexibility index (Phi) is 7.58. The zero-order valence-electron chi connectivity index (χ0n) is 11.6. The van der Waals surface area contributed by atoms with Crippen LogP contribution < -0.4 is 9.44 Å². The maximum Gasteiger partial charge on any atom is 0.243 e. The monoisotopic (exact) mass is 452 g/mol. The number of hydrogen-bond donors (Lipinski definition) is 2. The predicted molar refractivity (Wildman–Crippen MR) is 91.4 cm³/mol. The molecule has 0 aromatic heterocycles. The number of rotatable bonds is 8. The van der Waals surface area contributed by atoms with Crippen molar-refractivity contribution < 1.29 is 16.8 Å². The molecule has 0 saturated carbocycles. The lowest BCUT2D eigenvalue weighted by atomic mass is 10.4. The Labute approximate surface area is 148 Å². The van der Waals surface area contributed by atoms with E-state index in [0.717, 1.165) is 0 Å². The van der Waals surface area contributed by atoms with Crippen LogP contribution in [0.4, 0.5) is 0 Å². The Morgan fingerprint density at radius 3 is 2.05 bits per heavy atom. The van der Waals surface area contributed by atoms with E-state index in [0.29, 0.717) is 10.9 Å². The van der Waals surface area contributed by atoms with Crippen LogP contribution in [0.25, 0.3) is 0 Å². The molecule has 0 radical (unpaired) electrons. The third kappa shape index (κ3) is 5.95. The zero-order valence-corrected chi connectivity index (χ0v) is 16.3. The summed E-state index contributed by atoms with van der Waals surface area (Å²) in [6.07, 6.45) is 0.296. The fraction of sp³-hybridized carbons (Fsp3) is 0.455. The van der Waals surface area contributed by atoms with Gasteiger partial charge in [-0.25, -0.2) is 26.3 Å². The summed E-state index contributed by atoms with van der Waals surface area (Å²) in [7, 11) is -7.15. The van der Waals surface area contributed by atoms with Crippen molar-refractivity contribution >= 4 is 59.2 Å². The minimum absolute atomic E-state index is 0.00133. The van der Waals surface area contributed by atoms with Gasteiger partial charge in [-0.05, 0) is 25.5 Å². The van der Waals surface area contributed by atoms with Gasteiger partial charge in [0.25, 0.3) is 0 Å². The smallest absolute Gasteiger partial charge is 0.215 e. The first kappa shape index (κ1) is 20.1. The van der Waals surface area contributed by atoms with Crippen LogP contribution in [-0.4, -0.2) is 35.7 Å². The van der Waals surface area contributed by atoms with Gasteiger partial charge in [-0.1, -0.05) is 39.1 Å². The van der Waals surface area contributed by atoms with Gasteiger partial charge in [0.05, 0.1) is 15.8 Å². The SMILES string of the molecule is CCS(=O)(=O)NCCCNS(=O)(=O)c1c(Cl)cc(Br)cc1Cl. The topological polar surface area (TPSA) is 92.3 Å². The maximum atomic E-state index is 12.2. The fourth-order valence-corrected chi connectivity index (χ4v) is 5.15. The van der Waals surface area contributed by atoms with Crippen molar-refractivity contribution in [1.29, 1.82) is 0 Å². The molecule has 0 bridgehead atoms. The summed E-state index contributed by atoms with van der Waals surface area (Å²) in [6.45, 7) is 1.71. The molecule has 0 fully saturated rings. The molecule has 1 aromatic carbocycles.